The number of nitrogens with zero attached hydrogens (tertiary/aromatic N) is 1. The van der Waals surface area contributed by atoms with Gasteiger partial charge in [0.25, 0.3) is 0 Å². The second kappa shape index (κ2) is 8.19. The highest BCUT2D eigenvalue weighted by atomic mass is 16.3. The first kappa shape index (κ1) is 18.2. The SMILES string of the molecule is CC(C)NC(=O)C(=O)NC[C@H](c1ccco1)N1CCc2ccccc2C1. The van der Waals surface area contributed by atoms with E-state index in [1.54, 1.807) is 6.26 Å². The summed E-state index contributed by atoms with van der Waals surface area (Å²) >= 11 is 0. The van der Waals surface area contributed by atoms with Gasteiger partial charge >= 0.3 is 11.8 Å². The summed E-state index contributed by atoms with van der Waals surface area (Å²) in [4.78, 5) is 26.2. The number of rotatable bonds is 5. The standard InChI is InChI=1S/C20H25N3O3/c1-14(2)22-20(25)19(24)21-12-17(18-8-5-11-26-18)23-10-9-15-6-3-4-7-16(15)13-23/h3-8,11,14,17H,9-10,12-13H2,1-2H3,(H,21,24)(H,22,25)/t17-/m1/s1. The molecule has 0 saturated carbocycles. The molecule has 26 heavy (non-hydrogen) atoms. The van der Waals surface area contributed by atoms with Crippen molar-refractivity contribution < 1.29 is 14.0 Å². The minimum atomic E-state index is -0.618. The molecule has 2 aromatic rings. The van der Waals surface area contributed by atoms with Gasteiger partial charge in [0.2, 0.25) is 0 Å². The van der Waals surface area contributed by atoms with Crippen LogP contribution < -0.4 is 10.6 Å². The molecule has 1 aromatic heterocycles. The van der Waals surface area contributed by atoms with Crippen LogP contribution in [0.15, 0.2) is 47.1 Å². The van der Waals surface area contributed by atoms with E-state index < -0.39 is 11.8 Å². The lowest BCUT2D eigenvalue weighted by Crippen LogP contribution is -2.46. The average molecular weight is 355 g/mol. The number of fused-ring (bicyclic) bond motifs is 1. The average Bonchev–Trinajstić information content (AvgIpc) is 3.15. The Morgan fingerprint density at radius 1 is 1.12 bits per heavy atom. The summed E-state index contributed by atoms with van der Waals surface area (Å²) in [5, 5.41) is 5.35. The van der Waals surface area contributed by atoms with E-state index in [4.69, 9.17) is 4.42 Å². The predicted molar refractivity (Wildman–Crippen MR) is 98.3 cm³/mol. The molecule has 1 aliphatic heterocycles. The van der Waals surface area contributed by atoms with E-state index >= 15 is 0 Å². The molecule has 3 rings (SSSR count). The number of carbonyl (C=O) groups is 2. The Hall–Kier alpha value is -2.60. The van der Waals surface area contributed by atoms with Crippen molar-refractivity contribution >= 4 is 11.8 Å². The van der Waals surface area contributed by atoms with E-state index in [-0.39, 0.29) is 12.1 Å². The van der Waals surface area contributed by atoms with Gasteiger partial charge < -0.3 is 15.1 Å². The van der Waals surface area contributed by atoms with Crippen LogP contribution in [0.3, 0.4) is 0 Å². The number of amides is 2. The van der Waals surface area contributed by atoms with Crippen LogP contribution in [-0.4, -0.2) is 35.8 Å². The molecule has 2 amide bonds. The van der Waals surface area contributed by atoms with E-state index in [1.165, 1.54) is 11.1 Å². The van der Waals surface area contributed by atoms with Crippen molar-refractivity contribution in [3.8, 4) is 0 Å². The van der Waals surface area contributed by atoms with Gasteiger partial charge in [-0.05, 0) is 43.5 Å². The highest BCUT2D eigenvalue weighted by molar-refractivity contribution is 6.35. The molecule has 0 saturated heterocycles. The zero-order chi connectivity index (χ0) is 18.5. The fraction of sp³-hybridized carbons (Fsp3) is 0.400. The number of hydrogen-bond donors (Lipinski definition) is 2. The van der Waals surface area contributed by atoms with Crippen LogP contribution >= 0.6 is 0 Å². The Bertz CT molecular complexity index is 755. The molecule has 0 bridgehead atoms. The first-order valence-electron chi connectivity index (χ1n) is 8.97. The minimum absolute atomic E-state index is 0.0762. The van der Waals surface area contributed by atoms with Gasteiger partial charge in [-0.25, -0.2) is 0 Å². The molecule has 1 aliphatic rings. The quantitative estimate of drug-likeness (QED) is 0.805. The molecule has 6 heteroatoms. The Balaban J connectivity index is 1.69. The Morgan fingerprint density at radius 3 is 2.58 bits per heavy atom. The molecule has 0 aliphatic carbocycles. The number of benzene rings is 1. The largest absolute Gasteiger partial charge is 0.468 e. The lowest BCUT2D eigenvalue weighted by molar-refractivity contribution is -0.139. The van der Waals surface area contributed by atoms with Crippen molar-refractivity contribution in [2.75, 3.05) is 13.1 Å². The molecule has 1 atom stereocenters. The van der Waals surface area contributed by atoms with Crippen molar-refractivity contribution in [2.24, 2.45) is 0 Å². The minimum Gasteiger partial charge on any atom is -0.468 e. The summed E-state index contributed by atoms with van der Waals surface area (Å²) in [6, 6.07) is 12.0. The van der Waals surface area contributed by atoms with Crippen molar-refractivity contribution in [1.29, 1.82) is 0 Å². The molecular formula is C20H25N3O3. The lowest BCUT2D eigenvalue weighted by atomic mass is 9.98. The van der Waals surface area contributed by atoms with Crippen molar-refractivity contribution in [1.82, 2.24) is 15.5 Å². The Labute approximate surface area is 153 Å². The third-order valence-corrected chi connectivity index (χ3v) is 4.55. The van der Waals surface area contributed by atoms with Crippen LogP contribution in [-0.2, 0) is 22.6 Å². The van der Waals surface area contributed by atoms with Crippen LogP contribution in [0.5, 0.6) is 0 Å². The van der Waals surface area contributed by atoms with Crippen LogP contribution in [0.2, 0.25) is 0 Å². The topological polar surface area (TPSA) is 74.6 Å². The number of furan rings is 1. The molecule has 6 nitrogen and oxygen atoms in total. The summed E-state index contributed by atoms with van der Waals surface area (Å²) < 4.78 is 5.60. The van der Waals surface area contributed by atoms with E-state index in [0.717, 1.165) is 25.3 Å². The van der Waals surface area contributed by atoms with Gasteiger partial charge in [-0.15, -0.1) is 0 Å². The maximum absolute atomic E-state index is 12.1. The van der Waals surface area contributed by atoms with Crippen molar-refractivity contribution in [2.45, 2.75) is 38.9 Å². The van der Waals surface area contributed by atoms with Crippen LogP contribution in [0, 0.1) is 0 Å². The highest BCUT2D eigenvalue weighted by Gasteiger charge is 2.27. The maximum atomic E-state index is 12.1. The lowest BCUT2D eigenvalue weighted by Gasteiger charge is -2.34. The molecule has 2 heterocycles. The van der Waals surface area contributed by atoms with E-state index in [9.17, 15) is 9.59 Å². The normalized spacial score (nSPS) is 15.3. The van der Waals surface area contributed by atoms with Gasteiger partial charge in [0, 0.05) is 25.7 Å². The molecule has 0 spiro atoms. The Morgan fingerprint density at radius 2 is 1.88 bits per heavy atom. The van der Waals surface area contributed by atoms with Gasteiger partial charge in [-0.3, -0.25) is 14.5 Å². The molecule has 0 radical (unpaired) electrons. The van der Waals surface area contributed by atoms with Gasteiger partial charge in [-0.1, -0.05) is 24.3 Å². The van der Waals surface area contributed by atoms with Gasteiger partial charge in [0.05, 0.1) is 12.3 Å². The monoisotopic (exact) mass is 355 g/mol. The van der Waals surface area contributed by atoms with E-state index in [0.29, 0.717) is 6.54 Å². The maximum Gasteiger partial charge on any atom is 0.309 e. The molecule has 138 valence electrons. The summed E-state index contributed by atoms with van der Waals surface area (Å²) in [5.74, 6) is -0.441. The molecule has 1 aromatic carbocycles. The number of carbonyl (C=O) groups excluding carboxylic acids is 2. The number of nitrogens with one attached hydrogen (secondary N) is 2. The zero-order valence-electron chi connectivity index (χ0n) is 15.2. The van der Waals surface area contributed by atoms with Gasteiger partial charge in [0.15, 0.2) is 0 Å². The fourth-order valence-electron chi connectivity index (χ4n) is 3.27. The number of hydrogen-bond acceptors (Lipinski definition) is 4. The Kier molecular flexibility index (Phi) is 5.73. The van der Waals surface area contributed by atoms with Crippen LogP contribution in [0.1, 0.15) is 36.8 Å². The molecule has 0 unspecified atom stereocenters. The fourth-order valence-corrected chi connectivity index (χ4v) is 3.27. The third kappa shape index (κ3) is 4.32. The van der Waals surface area contributed by atoms with Crippen LogP contribution in [0.25, 0.3) is 0 Å². The second-order valence-corrected chi connectivity index (χ2v) is 6.86. The predicted octanol–water partition coefficient (Wildman–Crippen LogP) is 2.02. The summed E-state index contributed by atoms with van der Waals surface area (Å²) in [5.41, 5.74) is 2.65. The van der Waals surface area contributed by atoms with Gasteiger partial charge in [0.1, 0.15) is 5.76 Å². The summed E-state index contributed by atoms with van der Waals surface area (Å²) in [6.45, 7) is 5.62. The first-order chi connectivity index (χ1) is 12.5. The van der Waals surface area contributed by atoms with Crippen molar-refractivity contribution in [3.63, 3.8) is 0 Å². The van der Waals surface area contributed by atoms with Crippen molar-refractivity contribution in [3.05, 3.63) is 59.5 Å². The smallest absolute Gasteiger partial charge is 0.309 e. The third-order valence-electron chi connectivity index (χ3n) is 4.55. The molecular weight excluding hydrogens is 330 g/mol. The first-order valence-corrected chi connectivity index (χ1v) is 8.97. The summed E-state index contributed by atoms with van der Waals surface area (Å²) in [7, 11) is 0. The molecule has 0 fully saturated rings. The molecule has 2 N–H and O–H groups in total. The second-order valence-electron chi connectivity index (χ2n) is 6.86. The summed E-state index contributed by atoms with van der Waals surface area (Å²) in [6.07, 6.45) is 2.59. The van der Waals surface area contributed by atoms with Gasteiger partial charge in [-0.2, -0.15) is 0 Å². The van der Waals surface area contributed by atoms with E-state index in [2.05, 4.69) is 33.7 Å². The van der Waals surface area contributed by atoms with Crippen LogP contribution in [0.4, 0.5) is 0 Å². The highest BCUT2D eigenvalue weighted by Crippen LogP contribution is 2.27. The zero-order valence-corrected chi connectivity index (χ0v) is 15.2. The van der Waals surface area contributed by atoms with E-state index in [1.807, 2.05) is 32.0 Å².